The van der Waals surface area contributed by atoms with E-state index in [0.29, 0.717) is 40.2 Å². The van der Waals surface area contributed by atoms with Gasteiger partial charge in [0.1, 0.15) is 31.3 Å². The lowest BCUT2D eigenvalue weighted by Crippen LogP contribution is -2.26. The fourth-order valence-electron chi connectivity index (χ4n) is 5.08. The normalized spacial score (nSPS) is 16.1. The largest absolute Gasteiger partial charge is 0.394 e. The fraction of sp³-hybridized carbons (Fsp3) is 0.278. The van der Waals surface area contributed by atoms with Crippen molar-refractivity contribution in [2.24, 2.45) is 10.2 Å². The molecule has 1 fully saturated rings. The number of benzene rings is 4. The van der Waals surface area contributed by atoms with Crippen LogP contribution in [0, 0.1) is 6.92 Å². The zero-order valence-corrected chi connectivity index (χ0v) is 30.1. The summed E-state index contributed by atoms with van der Waals surface area (Å²) in [5.74, 6) is 0. The summed E-state index contributed by atoms with van der Waals surface area (Å²) in [7, 11) is -2.21. The number of aliphatic hydroxyl groups is 1. The molecule has 0 saturated carbocycles. The van der Waals surface area contributed by atoms with Gasteiger partial charge in [0.2, 0.25) is 0 Å². The molecule has 54 heavy (non-hydrogen) atoms. The van der Waals surface area contributed by atoms with Gasteiger partial charge in [0, 0.05) is 34.7 Å². The standard InChI is InChI=1S/C15H18FN3O3.C14H13N3O3S.C7H6FN3/c1-21-14-6-13(22-15(14)9-20)12-8-19(18-17-12)11-4-2-3-10(5-11)7-16;1-11-5-7-14(8-6-11)21(18,19)20-10-12-3-2-4-13(9-12)16-17-15;8-5-6-2-1-3-7(4-6)10-11-9/h2-5,8,13-15,20H,6-7,9H2,1H3;2-9H,10H2,1H3;1-4H,5H2/t13-,14?,15-;;/m1../s1/i16-1;;8-1. The minimum Gasteiger partial charge on any atom is -0.394 e. The third kappa shape index (κ3) is 11.9. The molecule has 0 bridgehead atoms. The Morgan fingerprint density at radius 1 is 0.907 bits per heavy atom. The Bertz CT molecular complexity index is 2170. The highest BCUT2D eigenvalue weighted by atomic mass is 32.2. The predicted octanol–water partition coefficient (Wildman–Crippen LogP) is 8.51. The summed E-state index contributed by atoms with van der Waals surface area (Å²) in [5, 5.41) is 24.3. The number of rotatable bonds is 12. The number of azide groups is 2. The number of halogens is 2. The van der Waals surface area contributed by atoms with Crippen molar-refractivity contribution in [1.82, 2.24) is 15.0 Å². The smallest absolute Gasteiger partial charge is 0.297 e. The molecular formula is C36H37F2N9O6S. The van der Waals surface area contributed by atoms with Crippen LogP contribution in [0.3, 0.4) is 0 Å². The molecule has 0 radical (unpaired) electrons. The molecular weight excluding hydrogens is 723 g/mol. The molecule has 1 aromatic heterocycles. The van der Waals surface area contributed by atoms with E-state index in [1.165, 1.54) is 18.2 Å². The zero-order valence-electron chi connectivity index (χ0n) is 29.3. The van der Waals surface area contributed by atoms with Crippen LogP contribution < -0.4 is 0 Å². The van der Waals surface area contributed by atoms with Crippen molar-refractivity contribution in [2.75, 3.05) is 13.7 Å². The van der Waals surface area contributed by atoms with Gasteiger partial charge in [-0.15, -0.1) is 5.10 Å². The summed E-state index contributed by atoms with van der Waals surface area (Å²) in [5.41, 5.74) is 21.4. The Morgan fingerprint density at radius 3 is 2.07 bits per heavy atom. The Labute approximate surface area is 310 Å². The van der Waals surface area contributed by atoms with Crippen LogP contribution in [-0.4, -0.2) is 54.4 Å². The maximum absolute atomic E-state index is 12.7. The van der Waals surface area contributed by atoms with Crippen molar-refractivity contribution in [2.45, 2.75) is 56.5 Å². The molecule has 4 aromatic carbocycles. The van der Waals surface area contributed by atoms with Crippen molar-refractivity contribution in [1.29, 1.82) is 0 Å². The lowest BCUT2D eigenvalue weighted by molar-refractivity contribution is -0.0353. The summed E-state index contributed by atoms with van der Waals surface area (Å²) >= 11 is 0. The molecule has 2 heterocycles. The Hall–Kier alpha value is -5.71. The minimum absolute atomic E-state index is 0.0955. The van der Waals surface area contributed by atoms with Crippen molar-refractivity contribution < 1.29 is 36.0 Å². The maximum Gasteiger partial charge on any atom is 0.297 e. The zero-order chi connectivity index (χ0) is 38.9. The molecule has 0 spiro atoms. The van der Waals surface area contributed by atoms with Gasteiger partial charge in [0.05, 0.1) is 36.1 Å². The van der Waals surface area contributed by atoms with Gasteiger partial charge in [-0.1, -0.05) is 81.7 Å². The fourth-order valence-corrected chi connectivity index (χ4v) is 5.98. The molecule has 0 aliphatic carbocycles. The van der Waals surface area contributed by atoms with E-state index in [1.54, 1.807) is 90.8 Å². The molecule has 0 amide bonds. The van der Waals surface area contributed by atoms with E-state index in [-0.39, 0.29) is 36.4 Å². The highest BCUT2D eigenvalue weighted by Crippen LogP contribution is 2.33. The first-order valence-corrected chi connectivity index (χ1v) is 17.7. The van der Waals surface area contributed by atoms with Crippen molar-refractivity contribution in [3.8, 4) is 5.69 Å². The molecule has 1 aliphatic heterocycles. The molecule has 3 atom stereocenters. The average Bonchev–Trinajstić information content (AvgIpc) is 3.86. The Morgan fingerprint density at radius 2 is 1.50 bits per heavy atom. The van der Waals surface area contributed by atoms with E-state index >= 15 is 0 Å². The first-order valence-electron chi connectivity index (χ1n) is 16.3. The van der Waals surface area contributed by atoms with Gasteiger partial charge in [-0.05, 0) is 71.1 Å². The monoisotopic (exact) mass is 759 g/mol. The third-order valence-electron chi connectivity index (χ3n) is 7.84. The Balaban J connectivity index is 0.000000191. The van der Waals surface area contributed by atoms with Crippen LogP contribution in [0.1, 0.15) is 40.5 Å². The van der Waals surface area contributed by atoms with Crippen molar-refractivity contribution in [3.05, 3.63) is 152 Å². The number of alkyl halides is 2. The number of methoxy groups -OCH3 is 1. The number of nitrogens with zero attached hydrogens (tertiary/aromatic N) is 9. The second-order valence-electron chi connectivity index (χ2n) is 11.6. The summed E-state index contributed by atoms with van der Waals surface area (Å²) in [6.45, 7) is 0.606. The summed E-state index contributed by atoms with van der Waals surface area (Å²) in [4.78, 5) is 5.37. The minimum atomic E-state index is -3.80. The van der Waals surface area contributed by atoms with Gasteiger partial charge in [0.25, 0.3) is 10.1 Å². The van der Waals surface area contributed by atoms with Gasteiger partial charge < -0.3 is 14.6 Å². The van der Waals surface area contributed by atoms with Crippen molar-refractivity contribution in [3.63, 3.8) is 0 Å². The number of hydrogen-bond acceptors (Lipinski definition) is 10. The second-order valence-corrected chi connectivity index (χ2v) is 13.2. The van der Waals surface area contributed by atoms with Crippen molar-refractivity contribution >= 4 is 21.5 Å². The molecule has 1 N–H and O–H groups in total. The first-order chi connectivity index (χ1) is 26.1. The number of aryl methyl sites for hydroxylation is 1. The van der Waals surface area contributed by atoms with E-state index in [0.717, 1.165) is 11.3 Å². The molecule has 6 rings (SSSR count). The SMILES string of the molecule is COC1C[C@H](c2cn(-c3cccc(C[18F])c3)nn2)O[C@@H]1CO.Cc1ccc(S(=O)(=O)OCc2cccc(N=[N+]=[N-])c2)cc1.[N-]=[N+]=Nc1cccc(C[18F])c1. The molecule has 282 valence electrons. The van der Waals surface area contributed by atoms with Gasteiger partial charge in [0.15, 0.2) is 0 Å². The molecule has 1 aliphatic rings. The molecule has 5 aromatic rings. The summed E-state index contributed by atoms with van der Waals surface area (Å²) in [6, 6.07) is 26.5. The first kappa shape index (κ1) is 41.1. The lowest BCUT2D eigenvalue weighted by atomic mass is 10.1. The van der Waals surface area contributed by atoms with Crippen LogP contribution in [0.15, 0.2) is 118 Å². The van der Waals surface area contributed by atoms with Gasteiger partial charge in [-0.25, -0.2) is 13.5 Å². The van der Waals surface area contributed by atoms with E-state index in [4.69, 9.17) is 24.7 Å². The van der Waals surface area contributed by atoms with Crippen LogP contribution in [0.5, 0.6) is 0 Å². The third-order valence-corrected chi connectivity index (χ3v) is 9.12. The topological polar surface area (TPSA) is 210 Å². The quantitative estimate of drug-likeness (QED) is 0.0562. The van der Waals surface area contributed by atoms with Crippen LogP contribution in [-0.2, 0) is 43.7 Å². The van der Waals surface area contributed by atoms with Crippen LogP contribution >= 0.6 is 0 Å². The van der Waals surface area contributed by atoms with Crippen LogP contribution in [0.25, 0.3) is 26.6 Å². The number of aliphatic hydroxyl groups excluding tert-OH is 1. The summed E-state index contributed by atoms with van der Waals surface area (Å²) in [6.07, 6.45) is 1.60. The van der Waals surface area contributed by atoms with Gasteiger partial charge in [-0.2, -0.15) is 8.42 Å². The van der Waals surface area contributed by atoms with E-state index < -0.39 is 23.5 Å². The average molecular weight is 760 g/mol. The van der Waals surface area contributed by atoms with E-state index in [2.05, 4.69) is 30.4 Å². The summed E-state index contributed by atoms with van der Waals surface area (Å²) < 4.78 is 66.4. The predicted molar refractivity (Wildman–Crippen MR) is 195 cm³/mol. The molecule has 18 heteroatoms. The second kappa shape index (κ2) is 20.5. The number of aromatic nitrogens is 3. The molecule has 1 saturated heterocycles. The van der Waals surface area contributed by atoms with E-state index in [1.807, 2.05) is 13.0 Å². The number of ether oxygens (including phenoxy) is 2. The highest BCUT2D eigenvalue weighted by Gasteiger charge is 2.37. The molecule has 15 nitrogen and oxygen atoms in total. The maximum atomic E-state index is 12.7. The van der Waals surface area contributed by atoms with Gasteiger partial charge in [-0.3, -0.25) is 4.18 Å². The number of hydrogen-bond donors (Lipinski definition) is 1. The van der Waals surface area contributed by atoms with Crippen LogP contribution in [0.4, 0.5) is 20.2 Å². The van der Waals surface area contributed by atoms with Crippen LogP contribution in [0.2, 0.25) is 0 Å². The van der Waals surface area contributed by atoms with Gasteiger partial charge >= 0.3 is 0 Å². The lowest BCUT2D eigenvalue weighted by Gasteiger charge is -2.13. The molecule has 1 unspecified atom stereocenters. The highest BCUT2D eigenvalue weighted by molar-refractivity contribution is 7.86. The Kier molecular flexibility index (Phi) is 15.6. The van der Waals surface area contributed by atoms with E-state index in [9.17, 15) is 22.3 Å².